The second kappa shape index (κ2) is 3.95. The standard InChI is InChI=1S/C18H19NOS/c20-16-14-3-1-2-4-15(14)17(21)19(16)18-8-11-5-12(9-18)7-13(6-11)10-18/h1-4,11-13H,5-10H2. The minimum absolute atomic E-state index is 0.0436. The van der Waals surface area contributed by atoms with Crippen molar-refractivity contribution < 1.29 is 4.79 Å². The van der Waals surface area contributed by atoms with Crippen molar-refractivity contribution in [2.75, 3.05) is 0 Å². The molecular weight excluding hydrogens is 278 g/mol. The van der Waals surface area contributed by atoms with Crippen LogP contribution in [0.3, 0.4) is 0 Å². The predicted octanol–water partition coefficient (Wildman–Crippen LogP) is 3.79. The molecule has 1 aliphatic heterocycles. The van der Waals surface area contributed by atoms with Gasteiger partial charge in [0.25, 0.3) is 5.91 Å². The van der Waals surface area contributed by atoms with Gasteiger partial charge in [0.2, 0.25) is 0 Å². The molecule has 6 rings (SSSR count). The third-order valence-corrected chi connectivity index (χ3v) is 6.68. The van der Waals surface area contributed by atoms with Crippen molar-refractivity contribution in [3.05, 3.63) is 35.4 Å². The number of rotatable bonds is 1. The fraction of sp³-hybridized carbons (Fsp3) is 0.556. The molecule has 0 atom stereocenters. The second-order valence-electron chi connectivity index (χ2n) is 7.63. The van der Waals surface area contributed by atoms with E-state index in [-0.39, 0.29) is 11.4 Å². The Labute approximate surface area is 130 Å². The maximum atomic E-state index is 13.0. The first kappa shape index (κ1) is 12.3. The van der Waals surface area contributed by atoms with Gasteiger partial charge in [-0.15, -0.1) is 0 Å². The normalized spacial score (nSPS) is 40.0. The molecule has 1 aromatic rings. The lowest BCUT2D eigenvalue weighted by Gasteiger charge is -2.59. The van der Waals surface area contributed by atoms with E-state index in [4.69, 9.17) is 12.2 Å². The van der Waals surface area contributed by atoms with Crippen LogP contribution in [0.15, 0.2) is 24.3 Å². The molecule has 0 saturated heterocycles. The van der Waals surface area contributed by atoms with Crippen LogP contribution in [0.5, 0.6) is 0 Å². The zero-order chi connectivity index (χ0) is 14.2. The lowest BCUT2D eigenvalue weighted by atomic mass is 9.52. The molecule has 21 heavy (non-hydrogen) atoms. The van der Waals surface area contributed by atoms with Crippen LogP contribution in [0.1, 0.15) is 54.4 Å². The van der Waals surface area contributed by atoms with E-state index in [1.165, 1.54) is 38.5 Å². The minimum Gasteiger partial charge on any atom is -0.292 e. The van der Waals surface area contributed by atoms with E-state index in [2.05, 4.69) is 0 Å². The predicted molar refractivity (Wildman–Crippen MR) is 85.2 cm³/mol. The molecule has 1 heterocycles. The third kappa shape index (κ3) is 1.53. The van der Waals surface area contributed by atoms with Crippen LogP contribution in [-0.4, -0.2) is 21.3 Å². The summed E-state index contributed by atoms with van der Waals surface area (Å²) in [6, 6.07) is 7.88. The van der Waals surface area contributed by atoms with E-state index in [0.717, 1.165) is 33.9 Å². The first-order valence-corrected chi connectivity index (χ1v) is 8.55. The van der Waals surface area contributed by atoms with Crippen LogP contribution in [0.25, 0.3) is 0 Å². The van der Waals surface area contributed by atoms with Gasteiger partial charge >= 0.3 is 0 Å². The van der Waals surface area contributed by atoms with Crippen molar-refractivity contribution in [3.8, 4) is 0 Å². The van der Waals surface area contributed by atoms with Crippen LogP contribution < -0.4 is 0 Å². The molecule has 0 spiro atoms. The van der Waals surface area contributed by atoms with Gasteiger partial charge in [-0.3, -0.25) is 9.69 Å². The number of amides is 1. The number of hydrogen-bond donors (Lipinski definition) is 0. The molecule has 5 aliphatic rings. The van der Waals surface area contributed by atoms with Gasteiger partial charge in [0.1, 0.15) is 4.99 Å². The molecule has 0 radical (unpaired) electrons. The highest BCUT2D eigenvalue weighted by Gasteiger charge is 2.57. The Balaban J connectivity index is 1.60. The third-order valence-electron chi connectivity index (χ3n) is 6.27. The van der Waals surface area contributed by atoms with Gasteiger partial charge in [-0.25, -0.2) is 0 Å². The van der Waals surface area contributed by atoms with Gasteiger partial charge in [0.05, 0.1) is 5.56 Å². The van der Waals surface area contributed by atoms with Gasteiger partial charge in [0, 0.05) is 11.1 Å². The molecular formula is C18H19NOS. The Morgan fingerprint density at radius 3 is 2.00 bits per heavy atom. The number of thiocarbonyl (C=S) groups is 1. The summed E-state index contributed by atoms with van der Waals surface area (Å²) in [5, 5.41) is 0. The van der Waals surface area contributed by atoms with Crippen LogP contribution in [0.4, 0.5) is 0 Å². The van der Waals surface area contributed by atoms with Gasteiger partial charge in [-0.2, -0.15) is 0 Å². The highest BCUT2D eigenvalue weighted by molar-refractivity contribution is 7.80. The van der Waals surface area contributed by atoms with Gasteiger partial charge in [-0.1, -0.05) is 30.4 Å². The van der Waals surface area contributed by atoms with Crippen molar-refractivity contribution in [3.63, 3.8) is 0 Å². The van der Waals surface area contributed by atoms with Crippen molar-refractivity contribution in [2.45, 2.75) is 44.1 Å². The van der Waals surface area contributed by atoms with Crippen molar-refractivity contribution in [1.29, 1.82) is 0 Å². The van der Waals surface area contributed by atoms with Crippen molar-refractivity contribution in [2.24, 2.45) is 17.8 Å². The zero-order valence-corrected chi connectivity index (χ0v) is 12.9. The SMILES string of the molecule is O=C1c2ccccc2C(=S)N1C12CC3CC(CC(C3)C1)C2. The van der Waals surface area contributed by atoms with E-state index >= 15 is 0 Å². The Morgan fingerprint density at radius 1 is 0.952 bits per heavy atom. The molecule has 4 saturated carbocycles. The molecule has 0 N–H and O–H groups in total. The smallest absolute Gasteiger partial charge is 0.260 e. The summed E-state index contributed by atoms with van der Waals surface area (Å²) in [7, 11) is 0. The first-order valence-electron chi connectivity index (χ1n) is 8.14. The molecule has 1 aromatic carbocycles. The van der Waals surface area contributed by atoms with Crippen LogP contribution in [0.2, 0.25) is 0 Å². The number of carbonyl (C=O) groups is 1. The average Bonchev–Trinajstić information content (AvgIpc) is 2.70. The van der Waals surface area contributed by atoms with Crippen molar-refractivity contribution in [1.82, 2.24) is 4.90 Å². The summed E-state index contributed by atoms with van der Waals surface area (Å²) in [5.74, 6) is 2.65. The largest absolute Gasteiger partial charge is 0.292 e. The monoisotopic (exact) mass is 297 g/mol. The Kier molecular flexibility index (Phi) is 2.32. The average molecular weight is 297 g/mol. The highest BCUT2D eigenvalue weighted by Crippen LogP contribution is 2.58. The molecule has 108 valence electrons. The zero-order valence-electron chi connectivity index (χ0n) is 12.0. The number of fused-ring (bicyclic) bond motifs is 1. The van der Waals surface area contributed by atoms with Gasteiger partial charge < -0.3 is 0 Å². The molecule has 4 bridgehead atoms. The molecule has 3 heteroatoms. The number of carbonyl (C=O) groups excluding carboxylic acids is 1. The lowest BCUT2D eigenvalue weighted by molar-refractivity contribution is -0.0510. The highest BCUT2D eigenvalue weighted by atomic mass is 32.1. The van der Waals surface area contributed by atoms with Crippen molar-refractivity contribution >= 4 is 23.1 Å². The van der Waals surface area contributed by atoms with E-state index in [1.54, 1.807) is 0 Å². The summed E-state index contributed by atoms with van der Waals surface area (Å²) in [4.78, 5) is 15.8. The molecule has 0 unspecified atom stereocenters. The Hall–Kier alpha value is -1.22. The summed E-state index contributed by atoms with van der Waals surface area (Å²) in [6.07, 6.45) is 7.71. The molecule has 2 nitrogen and oxygen atoms in total. The fourth-order valence-electron chi connectivity index (χ4n) is 5.96. The van der Waals surface area contributed by atoms with Crippen LogP contribution >= 0.6 is 12.2 Å². The molecule has 4 aliphatic carbocycles. The number of hydrogen-bond acceptors (Lipinski definition) is 2. The van der Waals surface area contributed by atoms with Crippen LogP contribution in [0, 0.1) is 17.8 Å². The minimum atomic E-state index is 0.0436. The summed E-state index contributed by atoms with van der Waals surface area (Å²) in [5.41, 5.74) is 1.84. The van der Waals surface area contributed by atoms with Gasteiger partial charge in [0.15, 0.2) is 0 Å². The number of benzene rings is 1. The van der Waals surface area contributed by atoms with E-state index in [1.807, 2.05) is 29.2 Å². The summed E-state index contributed by atoms with van der Waals surface area (Å²) >= 11 is 5.71. The maximum absolute atomic E-state index is 13.0. The maximum Gasteiger partial charge on any atom is 0.260 e. The van der Waals surface area contributed by atoms with E-state index in [0.29, 0.717) is 0 Å². The molecule has 1 amide bonds. The van der Waals surface area contributed by atoms with E-state index in [9.17, 15) is 4.79 Å². The van der Waals surface area contributed by atoms with Crippen LogP contribution in [-0.2, 0) is 0 Å². The Morgan fingerprint density at radius 2 is 1.48 bits per heavy atom. The number of nitrogens with zero attached hydrogens (tertiary/aromatic N) is 1. The topological polar surface area (TPSA) is 20.3 Å². The quantitative estimate of drug-likeness (QED) is 0.735. The molecule has 0 aromatic heterocycles. The van der Waals surface area contributed by atoms with Gasteiger partial charge in [-0.05, 0) is 62.3 Å². The van der Waals surface area contributed by atoms with E-state index < -0.39 is 0 Å². The molecule has 4 fully saturated rings. The lowest BCUT2D eigenvalue weighted by Crippen LogP contribution is -2.61. The second-order valence-corrected chi connectivity index (χ2v) is 8.02. The fourth-order valence-corrected chi connectivity index (χ4v) is 6.41. The first-order chi connectivity index (χ1) is 10.2. The Bertz CT molecular complexity index is 595. The summed E-state index contributed by atoms with van der Waals surface area (Å²) < 4.78 is 0. The summed E-state index contributed by atoms with van der Waals surface area (Å²) in [6.45, 7) is 0.